The minimum absolute atomic E-state index is 0.0506. The lowest BCUT2D eigenvalue weighted by Crippen LogP contribution is -2.49. The van der Waals surface area contributed by atoms with Gasteiger partial charge >= 0.3 is 0 Å². The molecule has 2 aromatic carbocycles. The molecule has 0 radical (unpaired) electrons. The van der Waals surface area contributed by atoms with E-state index in [0.717, 1.165) is 25.4 Å². The van der Waals surface area contributed by atoms with Gasteiger partial charge in [-0.3, -0.25) is 4.79 Å². The molecule has 0 aromatic heterocycles. The van der Waals surface area contributed by atoms with Gasteiger partial charge in [0.15, 0.2) is 19.7 Å². The fourth-order valence-corrected chi connectivity index (χ4v) is 5.23. The summed E-state index contributed by atoms with van der Waals surface area (Å²) in [5.74, 6) is -0.302. The van der Waals surface area contributed by atoms with Crippen molar-refractivity contribution in [1.29, 1.82) is 0 Å². The van der Waals surface area contributed by atoms with E-state index in [4.69, 9.17) is 4.74 Å². The maximum atomic E-state index is 14.3. The van der Waals surface area contributed by atoms with Gasteiger partial charge in [-0.1, -0.05) is 0 Å². The molecule has 0 N–H and O–H groups in total. The van der Waals surface area contributed by atoms with Crippen molar-refractivity contribution in [3.63, 3.8) is 0 Å². The lowest BCUT2D eigenvalue weighted by molar-refractivity contribution is 0.0741. The molecule has 4 rings (SSSR count). The Bertz CT molecular complexity index is 1310. The Hall–Kier alpha value is -2.66. The molecule has 1 amide bonds. The van der Waals surface area contributed by atoms with Gasteiger partial charge in [-0.05, 0) is 55.2 Å². The summed E-state index contributed by atoms with van der Waals surface area (Å²) in [6.07, 6.45) is 4.21. The molecule has 184 valence electrons. The van der Waals surface area contributed by atoms with Crippen LogP contribution in [0.5, 0.6) is 5.75 Å². The zero-order valence-electron chi connectivity index (χ0n) is 19.0. The van der Waals surface area contributed by atoms with Crippen LogP contribution >= 0.6 is 0 Å². The molecule has 0 unspecified atom stereocenters. The van der Waals surface area contributed by atoms with Crippen LogP contribution in [-0.4, -0.2) is 72.9 Å². The molecule has 8 nitrogen and oxygen atoms in total. The molecule has 1 aliphatic carbocycles. The molecule has 2 aliphatic rings. The number of nitrogens with zero attached hydrogens (tertiary/aromatic N) is 2. The van der Waals surface area contributed by atoms with E-state index in [9.17, 15) is 26.0 Å². The topological polar surface area (TPSA) is 101 Å². The smallest absolute Gasteiger partial charge is 0.257 e. The fraction of sp³-hybridized carbons (Fsp3) is 0.435. The van der Waals surface area contributed by atoms with Crippen molar-refractivity contribution in [2.45, 2.75) is 22.6 Å². The van der Waals surface area contributed by atoms with Gasteiger partial charge in [0, 0.05) is 44.4 Å². The summed E-state index contributed by atoms with van der Waals surface area (Å²) in [5, 5.41) is 0. The van der Waals surface area contributed by atoms with Crippen molar-refractivity contribution < 1.29 is 30.8 Å². The number of carbonyl (C=O) groups is 1. The first-order chi connectivity index (χ1) is 15.9. The third kappa shape index (κ3) is 5.52. The van der Waals surface area contributed by atoms with E-state index >= 15 is 0 Å². The summed E-state index contributed by atoms with van der Waals surface area (Å²) in [5.41, 5.74) is 0.741. The number of sulfone groups is 2. The monoisotopic (exact) mass is 510 g/mol. The Morgan fingerprint density at radius 3 is 2.21 bits per heavy atom. The van der Waals surface area contributed by atoms with Crippen molar-refractivity contribution >= 4 is 31.3 Å². The Morgan fingerprint density at radius 2 is 1.65 bits per heavy atom. The molecule has 34 heavy (non-hydrogen) atoms. The standard InChI is InChI=1S/C23H27FN2O6S2/c1-33(28,29)18-6-7-21(32-15-16-3-4-16)19(14-18)23(27)26-11-9-25(10-12-26)17-5-8-22(20(24)13-17)34(2,30)31/h5-8,13-14,16H,3-4,9-12,15H2,1-2H3. The van der Waals surface area contributed by atoms with Gasteiger partial charge < -0.3 is 14.5 Å². The quantitative estimate of drug-likeness (QED) is 0.564. The summed E-state index contributed by atoms with van der Waals surface area (Å²) < 4.78 is 67.5. The number of amides is 1. The zero-order valence-corrected chi connectivity index (χ0v) is 20.7. The average Bonchev–Trinajstić information content (AvgIpc) is 3.60. The molecular formula is C23H27FN2O6S2. The van der Waals surface area contributed by atoms with Crippen LogP contribution < -0.4 is 9.64 Å². The van der Waals surface area contributed by atoms with Gasteiger partial charge in [0.1, 0.15) is 16.5 Å². The van der Waals surface area contributed by atoms with Crippen LogP contribution in [-0.2, 0) is 19.7 Å². The molecule has 1 heterocycles. The number of hydrogen-bond donors (Lipinski definition) is 0. The number of anilines is 1. The van der Waals surface area contributed by atoms with Gasteiger partial charge in [-0.25, -0.2) is 21.2 Å². The van der Waals surface area contributed by atoms with E-state index in [1.807, 2.05) is 4.90 Å². The van der Waals surface area contributed by atoms with E-state index in [1.165, 1.54) is 30.3 Å². The van der Waals surface area contributed by atoms with Gasteiger partial charge in [-0.15, -0.1) is 0 Å². The molecule has 2 fully saturated rings. The molecule has 0 atom stereocenters. The summed E-state index contributed by atoms with van der Waals surface area (Å²) >= 11 is 0. The highest BCUT2D eigenvalue weighted by atomic mass is 32.2. The van der Waals surface area contributed by atoms with Crippen LogP contribution in [0.1, 0.15) is 23.2 Å². The molecule has 2 aromatic rings. The first-order valence-electron chi connectivity index (χ1n) is 10.9. The Morgan fingerprint density at radius 1 is 0.971 bits per heavy atom. The highest BCUT2D eigenvalue weighted by molar-refractivity contribution is 7.91. The predicted molar refractivity (Wildman–Crippen MR) is 125 cm³/mol. The fourth-order valence-electron chi connectivity index (χ4n) is 3.85. The van der Waals surface area contributed by atoms with E-state index in [2.05, 4.69) is 0 Å². The van der Waals surface area contributed by atoms with Crippen LogP contribution in [0.15, 0.2) is 46.2 Å². The molecular weight excluding hydrogens is 483 g/mol. The van der Waals surface area contributed by atoms with Gasteiger partial charge in [0.2, 0.25) is 0 Å². The second kappa shape index (κ2) is 9.18. The maximum Gasteiger partial charge on any atom is 0.257 e. The van der Waals surface area contributed by atoms with Gasteiger partial charge in [-0.2, -0.15) is 0 Å². The predicted octanol–water partition coefficient (Wildman–Crippen LogP) is 2.38. The third-order valence-corrected chi connectivity index (χ3v) is 8.27. The number of hydrogen-bond acceptors (Lipinski definition) is 7. The van der Waals surface area contributed by atoms with Crippen molar-refractivity contribution in [3.8, 4) is 5.75 Å². The summed E-state index contributed by atoms with van der Waals surface area (Å²) in [6, 6.07) is 8.34. The first kappa shape index (κ1) is 24.5. The molecule has 11 heteroatoms. The van der Waals surface area contributed by atoms with Crippen molar-refractivity contribution in [3.05, 3.63) is 47.8 Å². The summed E-state index contributed by atoms with van der Waals surface area (Å²) in [7, 11) is -7.16. The zero-order chi connectivity index (χ0) is 24.7. The lowest BCUT2D eigenvalue weighted by atomic mass is 10.1. The van der Waals surface area contributed by atoms with Crippen LogP contribution in [0.25, 0.3) is 0 Å². The largest absolute Gasteiger partial charge is 0.492 e. The van der Waals surface area contributed by atoms with E-state index in [1.54, 1.807) is 11.0 Å². The Balaban J connectivity index is 1.50. The number of carbonyl (C=O) groups excluding carboxylic acids is 1. The van der Waals surface area contributed by atoms with Crippen LogP contribution in [0.3, 0.4) is 0 Å². The van der Waals surface area contributed by atoms with Crippen LogP contribution in [0.2, 0.25) is 0 Å². The van der Waals surface area contributed by atoms with Crippen LogP contribution in [0, 0.1) is 11.7 Å². The minimum Gasteiger partial charge on any atom is -0.492 e. The second-order valence-corrected chi connectivity index (χ2v) is 12.9. The molecule has 1 aliphatic heterocycles. The van der Waals surface area contributed by atoms with Gasteiger partial charge in [0.25, 0.3) is 5.91 Å². The van der Waals surface area contributed by atoms with Crippen molar-refractivity contribution in [2.24, 2.45) is 5.92 Å². The van der Waals surface area contributed by atoms with Crippen molar-refractivity contribution in [1.82, 2.24) is 4.90 Å². The summed E-state index contributed by atoms with van der Waals surface area (Å²) in [6.45, 7) is 1.97. The molecule has 0 spiro atoms. The molecule has 1 saturated heterocycles. The van der Waals surface area contributed by atoms with Crippen molar-refractivity contribution in [2.75, 3.05) is 50.2 Å². The minimum atomic E-state index is -3.66. The normalized spacial score (nSPS) is 17.0. The Kier molecular flexibility index (Phi) is 6.61. The van der Waals surface area contributed by atoms with Crippen LogP contribution in [0.4, 0.5) is 10.1 Å². The van der Waals surface area contributed by atoms with E-state index in [0.29, 0.717) is 50.1 Å². The lowest BCUT2D eigenvalue weighted by Gasteiger charge is -2.36. The number of piperazine rings is 1. The number of rotatable bonds is 7. The number of halogens is 1. The summed E-state index contributed by atoms with van der Waals surface area (Å²) in [4.78, 5) is 16.5. The number of ether oxygens (including phenoxy) is 1. The van der Waals surface area contributed by atoms with E-state index < -0.39 is 25.5 Å². The highest BCUT2D eigenvalue weighted by Crippen LogP contribution is 2.32. The second-order valence-electron chi connectivity index (χ2n) is 8.85. The number of benzene rings is 2. The SMILES string of the molecule is CS(=O)(=O)c1ccc(OCC2CC2)c(C(=O)N2CCN(c3ccc(S(C)(=O)=O)c(F)c3)CC2)c1. The maximum absolute atomic E-state index is 14.3. The van der Waals surface area contributed by atoms with Gasteiger partial charge in [0.05, 0.1) is 17.1 Å². The highest BCUT2D eigenvalue weighted by Gasteiger charge is 2.28. The molecule has 1 saturated carbocycles. The Labute approximate surface area is 199 Å². The first-order valence-corrected chi connectivity index (χ1v) is 14.7. The molecule has 0 bridgehead atoms. The van der Waals surface area contributed by atoms with E-state index in [-0.39, 0.29) is 21.3 Å². The third-order valence-electron chi connectivity index (χ3n) is 6.03. The average molecular weight is 511 g/mol.